The molecule has 0 bridgehead atoms. The van der Waals surface area contributed by atoms with E-state index in [0.717, 1.165) is 12.0 Å². The maximum Gasteiger partial charge on any atom is 0.407 e. The number of alkyl carbamates (subject to hydrolysis) is 1. The topological polar surface area (TPSA) is 58.6 Å². The van der Waals surface area contributed by atoms with Crippen LogP contribution in [0.25, 0.3) is 0 Å². The minimum atomic E-state index is -0.510. The maximum atomic E-state index is 11.8. The third-order valence-electron chi connectivity index (χ3n) is 3.28. The summed E-state index contributed by atoms with van der Waals surface area (Å²) in [6.07, 6.45) is 0.310. The van der Waals surface area contributed by atoms with Crippen LogP contribution in [0.1, 0.15) is 51.7 Å². The largest absolute Gasteiger partial charge is 0.444 e. The zero-order valence-electron chi connectivity index (χ0n) is 13.6. The van der Waals surface area contributed by atoms with E-state index in [4.69, 9.17) is 4.74 Å². The lowest BCUT2D eigenvalue weighted by atomic mass is 10.00. The highest BCUT2D eigenvalue weighted by molar-refractivity contribution is 5.68. The number of aliphatic hydroxyl groups is 1. The fraction of sp³-hybridized carbons (Fsp3) is 0.588. The Morgan fingerprint density at radius 3 is 2.52 bits per heavy atom. The molecule has 2 atom stereocenters. The number of nitrogens with one attached hydrogen (secondary N) is 1. The molecule has 0 radical (unpaired) electrons. The van der Waals surface area contributed by atoms with Gasteiger partial charge in [0.1, 0.15) is 5.60 Å². The van der Waals surface area contributed by atoms with E-state index in [1.165, 1.54) is 5.56 Å². The van der Waals surface area contributed by atoms with Gasteiger partial charge in [0.15, 0.2) is 0 Å². The summed E-state index contributed by atoms with van der Waals surface area (Å²) in [6.45, 7) is 9.52. The molecule has 1 amide bonds. The molecule has 118 valence electrons. The highest BCUT2D eigenvalue weighted by Crippen LogP contribution is 2.32. The number of amides is 1. The quantitative estimate of drug-likeness (QED) is 0.880. The van der Waals surface area contributed by atoms with Crippen molar-refractivity contribution in [3.05, 3.63) is 35.4 Å². The summed E-state index contributed by atoms with van der Waals surface area (Å²) in [6, 6.07) is 7.87. The maximum absolute atomic E-state index is 11.8. The third kappa shape index (κ3) is 4.74. The number of fused-ring (bicyclic) bond motifs is 1. The first-order valence-electron chi connectivity index (χ1n) is 7.59. The van der Waals surface area contributed by atoms with Crippen molar-refractivity contribution < 1.29 is 14.6 Å². The zero-order chi connectivity index (χ0) is 16.0. The van der Waals surface area contributed by atoms with E-state index in [2.05, 4.69) is 5.32 Å². The average Bonchev–Trinajstić information content (AvgIpc) is 2.75. The van der Waals surface area contributed by atoms with Gasteiger partial charge >= 0.3 is 6.09 Å². The van der Waals surface area contributed by atoms with Crippen molar-refractivity contribution in [1.82, 2.24) is 5.32 Å². The number of aliphatic hydroxyl groups excluding tert-OH is 1. The Labute approximate surface area is 127 Å². The molecule has 1 aromatic carbocycles. The summed E-state index contributed by atoms with van der Waals surface area (Å²) < 4.78 is 5.26. The van der Waals surface area contributed by atoms with Gasteiger partial charge in [-0.1, -0.05) is 38.1 Å². The molecule has 1 aliphatic rings. The van der Waals surface area contributed by atoms with Crippen molar-refractivity contribution in [3.63, 3.8) is 0 Å². The first kappa shape index (κ1) is 17.5. The molecule has 4 nitrogen and oxygen atoms in total. The molecule has 0 spiro atoms. The van der Waals surface area contributed by atoms with E-state index in [1.54, 1.807) is 0 Å². The number of hydrogen-bond acceptors (Lipinski definition) is 3. The standard InChI is InChI=1S/C15H21NO3.C2H6/c1-15(2,3)19-14(18)16-13-8-10-6-4-5-7-11(10)12(13)9-17;1-2/h4-7,12-13,17H,8-9H2,1-3H3,(H,16,18);1-2H3. The van der Waals surface area contributed by atoms with Crippen LogP contribution in [-0.4, -0.2) is 29.4 Å². The van der Waals surface area contributed by atoms with Gasteiger partial charge in [-0.25, -0.2) is 4.79 Å². The van der Waals surface area contributed by atoms with Crippen molar-refractivity contribution in [1.29, 1.82) is 0 Å². The van der Waals surface area contributed by atoms with Crippen LogP contribution in [0.5, 0.6) is 0 Å². The van der Waals surface area contributed by atoms with E-state index in [9.17, 15) is 9.90 Å². The van der Waals surface area contributed by atoms with Gasteiger partial charge in [-0.15, -0.1) is 0 Å². The summed E-state index contributed by atoms with van der Waals surface area (Å²) in [5.74, 6) is -0.0521. The summed E-state index contributed by atoms with van der Waals surface area (Å²) in [4.78, 5) is 11.8. The normalized spacial score (nSPS) is 20.1. The van der Waals surface area contributed by atoms with Gasteiger partial charge in [0, 0.05) is 12.0 Å². The molecular formula is C17H27NO3. The molecule has 2 N–H and O–H groups in total. The molecule has 2 unspecified atom stereocenters. The van der Waals surface area contributed by atoms with Crippen LogP contribution >= 0.6 is 0 Å². The van der Waals surface area contributed by atoms with E-state index in [0.29, 0.717) is 0 Å². The van der Waals surface area contributed by atoms with Gasteiger partial charge in [0.05, 0.1) is 6.61 Å². The van der Waals surface area contributed by atoms with Crippen molar-refractivity contribution in [2.45, 2.75) is 58.6 Å². The highest BCUT2D eigenvalue weighted by atomic mass is 16.6. The molecule has 0 aromatic heterocycles. The number of carbonyl (C=O) groups excluding carboxylic acids is 1. The number of carbonyl (C=O) groups is 1. The average molecular weight is 293 g/mol. The molecule has 0 saturated carbocycles. The summed E-state index contributed by atoms with van der Waals surface area (Å²) in [5.41, 5.74) is 1.79. The minimum Gasteiger partial charge on any atom is -0.444 e. The predicted molar refractivity (Wildman–Crippen MR) is 84.5 cm³/mol. The van der Waals surface area contributed by atoms with E-state index >= 15 is 0 Å². The first-order chi connectivity index (χ1) is 9.90. The number of benzene rings is 1. The van der Waals surface area contributed by atoms with Gasteiger partial charge in [0.25, 0.3) is 0 Å². The lowest BCUT2D eigenvalue weighted by molar-refractivity contribution is 0.0493. The van der Waals surface area contributed by atoms with Crippen LogP contribution in [0.4, 0.5) is 4.79 Å². The number of hydrogen-bond donors (Lipinski definition) is 2. The fourth-order valence-corrected chi connectivity index (χ4v) is 2.51. The Hall–Kier alpha value is -1.55. The first-order valence-corrected chi connectivity index (χ1v) is 7.59. The Kier molecular flexibility index (Phi) is 6.21. The zero-order valence-corrected chi connectivity index (χ0v) is 13.6. The summed E-state index contributed by atoms with van der Waals surface area (Å²) in [7, 11) is 0. The third-order valence-corrected chi connectivity index (χ3v) is 3.28. The fourth-order valence-electron chi connectivity index (χ4n) is 2.51. The molecule has 1 aromatic rings. The lowest BCUT2D eigenvalue weighted by Crippen LogP contribution is -2.42. The molecule has 0 aliphatic heterocycles. The Morgan fingerprint density at radius 1 is 1.33 bits per heavy atom. The van der Waals surface area contributed by atoms with Crippen LogP contribution in [0.2, 0.25) is 0 Å². The smallest absolute Gasteiger partial charge is 0.407 e. The molecule has 0 heterocycles. The SMILES string of the molecule is CC.CC(C)(C)OC(=O)NC1Cc2ccccc2C1CO. The van der Waals surface area contributed by atoms with Crippen LogP contribution in [0, 0.1) is 0 Å². The molecule has 21 heavy (non-hydrogen) atoms. The van der Waals surface area contributed by atoms with Gasteiger partial charge in [0.2, 0.25) is 0 Å². The van der Waals surface area contributed by atoms with Crippen LogP contribution < -0.4 is 5.32 Å². The van der Waals surface area contributed by atoms with Gasteiger partial charge in [-0.2, -0.15) is 0 Å². The Bertz CT molecular complexity index is 465. The second-order valence-electron chi connectivity index (χ2n) is 5.94. The van der Waals surface area contributed by atoms with Gasteiger partial charge in [-0.05, 0) is 38.3 Å². The van der Waals surface area contributed by atoms with Crippen LogP contribution in [-0.2, 0) is 11.2 Å². The molecule has 0 saturated heterocycles. The lowest BCUT2D eigenvalue weighted by Gasteiger charge is -2.24. The molecule has 2 rings (SSSR count). The van der Waals surface area contributed by atoms with Crippen LogP contribution in [0.15, 0.2) is 24.3 Å². The van der Waals surface area contributed by atoms with E-state index < -0.39 is 11.7 Å². The molecule has 1 aliphatic carbocycles. The van der Waals surface area contributed by atoms with Crippen molar-refractivity contribution >= 4 is 6.09 Å². The second-order valence-corrected chi connectivity index (χ2v) is 5.94. The Balaban J connectivity index is 0.00000106. The minimum absolute atomic E-state index is 0.0253. The number of ether oxygens (including phenoxy) is 1. The van der Waals surface area contributed by atoms with Crippen molar-refractivity contribution in [3.8, 4) is 0 Å². The van der Waals surface area contributed by atoms with Gasteiger partial charge in [-0.3, -0.25) is 0 Å². The summed E-state index contributed by atoms with van der Waals surface area (Å²) in [5, 5.41) is 12.4. The van der Waals surface area contributed by atoms with E-state index in [-0.39, 0.29) is 18.6 Å². The van der Waals surface area contributed by atoms with Crippen LogP contribution in [0.3, 0.4) is 0 Å². The molecular weight excluding hydrogens is 266 g/mol. The van der Waals surface area contributed by atoms with Crippen molar-refractivity contribution in [2.24, 2.45) is 0 Å². The van der Waals surface area contributed by atoms with Gasteiger partial charge < -0.3 is 15.2 Å². The molecule has 0 fully saturated rings. The predicted octanol–water partition coefficient (Wildman–Crippen LogP) is 3.24. The Morgan fingerprint density at radius 2 is 1.95 bits per heavy atom. The van der Waals surface area contributed by atoms with Crippen molar-refractivity contribution in [2.75, 3.05) is 6.61 Å². The monoisotopic (exact) mass is 293 g/mol. The second kappa shape index (κ2) is 7.46. The molecule has 4 heteroatoms. The highest BCUT2D eigenvalue weighted by Gasteiger charge is 2.33. The van der Waals surface area contributed by atoms with E-state index in [1.807, 2.05) is 58.9 Å². The summed E-state index contributed by atoms with van der Waals surface area (Å²) >= 11 is 0. The number of rotatable bonds is 2.